The van der Waals surface area contributed by atoms with E-state index in [9.17, 15) is 18.4 Å². The zero-order valence-corrected chi connectivity index (χ0v) is 18.7. The minimum atomic E-state index is -1.19. The zero-order chi connectivity index (χ0) is 25.0. The standard InChI is InChI=1S/C24H19F2N7O3/c25-15-7-12(8-16(26)20(15)21(27)34)18-10-29-22(23-28-3-4-33(18)23)30-13-1-2-17-14(9-13)24(35)31-19-11-36-6-5-32(17)19/h1-4,7-10,19H,5-6,11H2,(H2,27,34)(H,29,30)(H,31,35). The van der Waals surface area contributed by atoms with Crippen molar-refractivity contribution in [1.29, 1.82) is 0 Å². The summed E-state index contributed by atoms with van der Waals surface area (Å²) >= 11 is 0. The molecule has 6 rings (SSSR count). The molecule has 12 heteroatoms. The fraction of sp³-hybridized carbons (Fsp3) is 0.167. The Morgan fingerprint density at radius 3 is 2.78 bits per heavy atom. The molecule has 2 amide bonds. The summed E-state index contributed by atoms with van der Waals surface area (Å²) in [6.07, 6.45) is 4.38. The predicted octanol–water partition coefficient (Wildman–Crippen LogP) is 2.42. The highest BCUT2D eigenvalue weighted by molar-refractivity contribution is 6.03. The first-order valence-corrected chi connectivity index (χ1v) is 11.1. The molecular weight excluding hydrogens is 472 g/mol. The van der Waals surface area contributed by atoms with Crippen molar-refractivity contribution in [3.05, 3.63) is 71.7 Å². The van der Waals surface area contributed by atoms with E-state index >= 15 is 0 Å². The molecule has 2 aliphatic heterocycles. The largest absolute Gasteiger partial charge is 0.376 e. The third-order valence-electron chi connectivity index (χ3n) is 6.25. The van der Waals surface area contributed by atoms with Crippen molar-refractivity contribution >= 4 is 34.7 Å². The van der Waals surface area contributed by atoms with Gasteiger partial charge in [-0.2, -0.15) is 0 Å². The number of rotatable bonds is 4. The number of primary amides is 1. The predicted molar refractivity (Wildman–Crippen MR) is 126 cm³/mol. The quantitative estimate of drug-likeness (QED) is 0.400. The van der Waals surface area contributed by atoms with Crippen LogP contribution >= 0.6 is 0 Å². The summed E-state index contributed by atoms with van der Waals surface area (Å²) in [6, 6.07) is 7.49. The number of hydrogen-bond acceptors (Lipinski definition) is 7. The lowest BCUT2D eigenvalue weighted by molar-refractivity contribution is 0.0680. The fourth-order valence-electron chi connectivity index (χ4n) is 4.60. The molecule has 36 heavy (non-hydrogen) atoms. The number of benzene rings is 2. The lowest BCUT2D eigenvalue weighted by Gasteiger charge is -2.41. The van der Waals surface area contributed by atoms with E-state index < -0.39 is 23.1 Å². The Labute approximate surface area is 202 Å². The van der Waals surface area contributed by atoms with Crippen LogP contribution in [-0.2, 0) is 4.74 Å². The second-order valence-electron chi connectivity index (χ2n) is 8.41. The Hall–Kier alpha value is -4.58. The number of imidazole rings is 1. The van der Waals surface area contributed by atoms with E-state index in [4.69, 9.17) is 10.5 Å². The van der Waals surface area contributed by atoms with Crippen LogP contribution in [0, 0.1) is 11.6 Å². The molecule has 2 aromatic heterocycles. The maximum absolute atomic E-state index is 14.4. The van der Waals surface area contributed by atoms with Crippen molar-refractivity contribution in [2.45, 2.75) is 6.17 Å². The van der Waals surface area contributed by atoms with Gasteiger partial charge in [0.25, 0.3) is 11.8 Å². The van der Waals surface area contributed by atoms with Crippen LogP contribution in [0.15, 0.2) is 48.9 Å². The van der Waals surface area contributed by atoms with Crippen LogP contribution in [0.3, 0.4) is 0 Å². The molecule has 1 unspecified atom stereocenters. The molecule has 4 N–H and O–H groups in total. The van der Waals surface area contributed by atoms with Gasteiger partial charge in [-0.25, -0.2) is 18.7 Å². The first-order chi connectivity index (χ1) is 17.4. The summed E-state index contributed by atoms with van der Waals surface area (Å²) in [6.45, 7) is 1.68. The first-order valence-electron chi connectivity index (χ1n) is 11.1. The van der Waals surface area contributed by atoms with Gasteiger partial charge in [0.2, 0.25) is 0 Å². The second-order valence-corrected chi connectivity index (χ2v) is 8.41. The van der Waals surface area contributed by atoms with Gasteiger partial charge in [0.05, 0.1) is 36.4 Å². The first kappa shape index (κ1) is 21.9. The van der Waals surface area contributed by atoms with Gasteiger partial charge in [-0.05, 0) is 30.3 Å². The summed E-state index contributed by atoms with van der Waals surface area (Å²) in [4.78, 5) is 34.9. The molecule has 4 heterocycles. The van der Waals surface area contributed by atoms with Crippen molar-refractivity contribution < 1.29 is 23.1 Å². The number of aromatic nitrogens is 3. The zero-order valence-electron chi connectivity index (χ0n) is 18.7. The van der Waals surface area contributed by atoms with Gasteiger partial charge in [-0.1, -0.05) is 0 Å². The van der Waals surface area contributed by atoms with Gasteiger partial charge < -0.3 is 26.0 Å². The van der Waals surface area contributed by atoms with Gasteiger partial charge >= 0.3 is 0 Å². The number of amides is 2. The van der Waals surface area contributed by atoms with Crippen LogP contribution in [0.4, 0.5) is 26.0 Å². The lowest BCUT2D eigenvalue weighted by atomic mass is 10.1. The highest BCUT2D eigenvalue weighted by atomic mass is 19.1. The molecule has 0 bridgehead atoms. The third-order valence-corrected chi connectivity index (χ3v) is 6.25. The Morgan fingerprint density at radius 2 is 2.00 bits per heavy atom. The van der Waals surface area contributed by atoms with E-state index in [1.165, 1.54) is 12.4 Å². The van der Waals surface area contributed by atoms with Gasteiger partial charge in [-0.3, -0.25) is 14.0 Å². The summed E-state index contributed by atoms with van der Waals surface area (Å²) in [5.41, 5.74) is 7.13. The summed E-state index contributed by atoms with van der Waals surface area (Å²) in [5, 5.41) is 6.12. The van der Waals surface area contributed by atoms with Crippen molar-refractivity contribution in [3.8, 4) is 11.3 Å². The van der Waals surface area contributed by atoms with E-state index in [1.807, 2.05) is 12.1 Å². The number of carbonyl (C=O) groups excluding carboxylic acids is 2. The third kappa shape index (κ3) is 3.50. The normalized spacial score (nSPS) is 16.9. The van der Waals surface area contributed by atoms with Crippen LogP contribution in [-0.4, -0.2) is 52.1 Å². The van der Waals surface area contributed by atoms with Crippen molar-refractivity contribution in [2.24, 2.45) is 5.73 Å². The number of ether oxygens (including phenoxy) is 1. The van der Waals surface area contributed by atoms with E-state index in [0.717, 1.165) is 17.8 Å². The molecular formula is C24H19F2N7O3. The molecule has 0 spiro atoms. The summed E-state index contributed by atoms with van der Waals surface area (Å²) in [5.74, 6) is -3.15. The lowest BCUT2D eigenvalue weighted by Crippen LogP contribution is -2.58. The number of nitrogens with zero attached hydrogens (tertiary/aromatic N) is 4. The number of nitrogens with one attached hydrogen (secondary N) is 2. The number of anilines is 3. The number of fused-ring (bicyclic) bond motifs is 4. The van der Waals surface area contributed by atoms with Crippen LogP contribution in [0.25, 0.3) is 16.9 Å². The number of halogens is 2. The molecule has 4 aromatic rings. The minimum Gasteiger partial charge on any atom is -0.376 e. The van der Waals surface area contributed by atoms with Crippen LogP contribution in [0.5, 0.6) is 0 Å². The highest BCUT2D eigenvalue weighted by Gasteiger charge is 2.33. The van der Waals surface area contributed by atoms with E-state index in [1.54, 1.807) is 16.7 Å². The molecule has 2 aliphatic rings. The van der Waals surface area contributed by atoms with E-state index in [2.05, 4.69) is 25.5 Å². The molecule has 0 saturated carbocycles. The van der Waals surface area contributed by atoms with Crippen molar-refractivity contribution in [2.75, 3.05) is 30.0 Å². The molecule has 182 valence electrons. The van der Waals surface area contributed by atoms with Crippen LogP contribution in [0.2, 0.25) is 0 Å². The average molecular weight is 491 g/mol. The van der Waals surface area contributed by atoms with Gasteiger partial charge in [0.15, 0.2) is 11.5 Å². The molecule has 0 radical (unpaired) electrons. The molecule has 1 atom stereocenters. The van der Waals surface area contributed by atoms with E-state index in [0.29, 0.717) is 48.2 Å². The molecule has 10 nitrogen and oxygen atoms in total. The maximum atomic E-state index is 14.4. The van der Waals surface area contributed by atoms with Crippen LogP contribution < -0.4 is 21.3 Å². The maximum Gasteiger partial charge on any atom is 0.255 e. The monoisotopic (exact) mass is 491 g/mol. The van der Waals surface area contributed by atoms with Crippen molar-refractivity contribution in [3.63, 3.8) is 0 Å². The Balaban J connectivity index is 1.35. The summed E-state index contributed by atoms with van der Waals surface area (Å²) in [7, 11) is 0. The van der Waals surface area contributed by atoms with Gasteiger partial charge in [0, 0.05) is 30.2 Å². The minimum absolute atomic E-state index is 0.155. The smallest absolute Gasteiger partial charge is 0.255 e. The number of morpholine rings is 1. The van der Waals surface area contributed by atoms with Gasteiger partial charge in [0.1, 0.15) is 23.4 Å². The number of hydrogen-bond donors (Lipinski definition) is 3. The highest BCUT2D eigenvalue weighted by Crippen LogP contribution is 2.32. The van der Waals surface area contributed by atoms with Crippen molar-refractivity contribution in [1.82, 2.24) is 19.7 Å². The molecule has 1 saturated heterocycles. The van der Waals surface area contributed by atoms with E-state index in [-0.39, 0.29) is 17.6 Å². The Morgan fingerprint density at radius 1 is 1.19 bits per heavy atom. The Kier molecular flexibility index (Phi) is 5.04. The molecule has 0 aliphatic carbocycles. The van der Waals surface area contributed by atoms with Gasteiger partial charge in [-0.15, -0.1) is 0 Å². The Bertz CT molecular complexity index is 1530. The number of nitrogens with two attached hydrogens (primary N) is 1. The van der Waals surface area contributed by atoms with Crippen LogP contribution in [0.1, 0.15) is 20.7 Å². The fourth-order valence-corrected chi connectivity index (χ4v) is 4.60. The average Bonchev–Trinajstić information content (AvgIpc) is 3.34. The topological polar surface area (TPSA) is 127 Å². The SMILES string of the molecule is NC(=O)c1c(F)cc(-c2cnc(Nc3ccc4c(c3)C(=O)NC3COCCN43)c3nccn23)cc1F. The second kappa shape index (κ2) is 8.27. The molecule has 1 fully saturated rings. The summed E-state index contributed by atoms with van der Waals surface area (Å²) < 4.78 is 35.8. The molecule has 2 aromatic carbocycles. The number of carbonyl (C=O) groups is 2.